The molecule has 4 heteroatoms. The van der Waals surface area contributed by atoms with Gasteiger partial charge in [-0.3, -0.25) is 4.90 Å². The van der Waals surface area contributed by atoms with Crippen LogP contribution in [0.4, 0.5) is 0 Å². The molecule has 1 aliphatic heterocycles. The number of benzene rings is 1. The highest BCUT2D eigenvalue weighted by atomic mass is 16.5. The van der Waals surface area contributed by atoms with Crippen LogP contribution >= 0.6 is 0 Å². The van der Waals surface area contributed by atoms with Gasteiger partial charge in [0, 0.05) is 18.5 Å². The summed E-state index contributed by atoms with van der Waals surface area (Å²) in [7, 11) is 0. The number of aliphatic hydroxyl groups excluding tert-OH is 1. The van der Waals surface area contributed by atoms with Crippen LogP contribution < -0.4 is 4.74 Å². The van der Waals surface area contributed by atoms with Gasteiger partial charge in [-0.25, -0.2) is 0 Å². The standard InChI is InChI=1S/C19H26N2O2/c20-14-15-5-3-6-16(13-15)23-12-11-21-10-4-8-18(21)17-7-1-2-9-19(17)22/h3,5-6,13,17-19,22H,1-2,4,7-12H2. The Kier molecular flexibility index (Phi) is 5.53. The Labute approximate surface area is 138 Å². The SMILES string of the molecule is N#Cc1cccc(OCCN2CCCC2C2CCCCC2O)c1. The molecule has 124 valence electrons. The van der Waals surface area contributed by atoms with E-state index in [1.54, 1.807) is 12.1 Å². The van der Waals surface area contributed by atoms with E-state index in [2.05, 4.69) is 11.0 Å². The van der Waals surface area contributed by atoms with E-state index >= 15 is 0 Å². The zero-order valence-electron chi connectivity index (χ0n) is 13.7. The number of ether oxygens (including phenoxy) is 1. The lowest BCUT2D eigenvalue weighted by Crippen LogP contribution is -2.43. The third kappa shape index (κ3) is 4.04. The number of nitrogens with zero attached hydrogens (tertiary/aromatic N) is 2. The van der Waals surface area contributed by atoms with Gasteiger partial charge in [-0.1, -0.05) is 18.9 Å². The van der Waals surface area contributed by atoms with E-state index in [1.807, 2.05) is 12.1 Å². The summed E-state index contributed by atoms with van der Waals surface area (Å²) < 4.78 is 5.82. The van der Waals surface area contributed by atoms with E-state index in [4.69, 9.17) is 10.00 Å². The number of likely N-dealkylation sites (tertiary alicyclic amines) is 1. The van der Waals surface area contributed by atoms with Crippen molar-refractivity contribution in [3.05, 3.63) is 29.8 Å². The van der Waals surface area contributed by atoms with Gasteiger partial charge >= 0.3 is 0 Å². The van der Waals surface area contributed by atoms with E-state index in [1.165, 1.54) is 25.7 Å². The molecule has 0 amide bonds. The van der Waals surface area contributed by atoms with Crippen molar-refractivity contribution < 1.29 is 9.84 Å². The molecule has 2 aliphatic rings. The quantitative estimate of drug-likeness (QED) is 0.908. The summed E-state index contributed by atoms with van der Waals surface area (Å²) >= 11 is 0. The highest BCUT2D eigenvalue weighted by Crippen LogP contribution is 2.34. The van der Waals surface area contributed by atoms with Gasteiger partial charge in [0.15, 0.2) is 0 Å². The third-order valence-corrected chi connectivity index (χ3v) is 5.30. The van der Waals surface area contributed by atoms with Crippen LogP contribution in [-0.2, 0) is 0 Å². The van der Waals surface area contributed by atoms with Crippen molar-refractivity contribution in [1.82, 2.24) is 4.90 Å². The summed E-state index contributed by atoms with van der Waals surface area (Å²) in [5.74, 6) is 1.20. The van der Waals surface area contributed by atoms with Crippen LogP contribution in [0.1, 0.15) is 44.1 Å². The Morgan fingerprint density at radius 1 is 1.22 bits per heavy atom. The van der Waals surface area contributed by atoms with Gasteiger partial charge < -0.3 is 9.84 Å². The molecule has 2 fully saturated rings. The number of aliphatic hydroxyl groups is 1. The summed E-state index contributed by atoms with van der Waals surface area (Å²) in [6.45, 7) is 2.63. The lowest BCUT2D eigenvalue weighted by Gasteiger charge is -2.37. The van der Waals surface area contributed by atoms with Crippen LogP contribution in [-0.4, -0.2) is 41.8 Å². The lowest BCUT2D eigenvalue weighted by molar-refractivity contribution is 0.0193. The average molecular weight is 314 g/mol. The molecule has 1 aromatic rings. The molecule has 0 bridgehead atoms. The minimum absolute atomic E-state index is 0.123. The largest absolute Gasteiger partial charge is 0.492 e. The molecule has 0 spiro atoms. The summed E-state index contributed by atoms with van der Waals surface area (Å²) in [5.41, 5.74) is 0.631. The molecule has 1 saturated heterocycles. The molecule has 3 atom stereocenters. The molecular weight excluding hydrogens is 288 g/mol. The number of hydrogen-bond donors (Lipinski definition) is 1. The first-order valence-electron chi connectivity index (χ1n) is 8.83. The van der Waals surface area contributed by atoms with Crippen molar-refractivity contribution in [2.45, 2.75) is 50.7 Å². The van der Waals surface area contributed by atoms with Gasteiger partial charge in [0.05, 0.1) is 17.7 Å². The lowest BCUT2D eigenvalue weighted by atomic mass is 9.80. The second kappa shape index (κ2) is 7.81. The van der Waals surface area contributed by atoms with Gasteiger partial charge in [0.2, 0.25) is 0 Å². The monoisotopic (exact) mass is 314 g/mol. The molecule has 1 saturated carbocycles. The predicted octanol–water partition coefficient (Wildman–Crippen LogP) is 2.95. The first kappa shape index (κ1) is 16.3. The zero-order valence-corrected chi connectivity index (χ0v) is 13.7. The third-order valence-electron chi connectivity index (χ3n) is 5.30. The first-order valence-corrected chi connectivity index (χ1v) is 8.83. The molecule has 0 radical (unpaired) electrons. The normalized spacial score (nSPS) is 28.4. The van der Waals surface area contributed by atoms with Crippen molar-refractivity contribution in [2.75, 3.05) is 19.7 Å². The predicted molar refractivity (Wildman–Crippen MR) is 89.2 cm³/mol. The van der Waals surface area contributed by atoms with E-state index in [-0.39, 0.29) is 6.10 Å². The fourth-order valence-electron chi connectivity index (χ4n) is 4.14. The van der Waals surface area contributed by atoms with Crippen molar-refractivity contribution >= 4 is 0 Å². The van der Waals surface area contributed by atoms with Crippen molar-refractivity contribution in [1.29, 1.82) is 5.26 Å². The van der Waals surface area contributed by atoms with Crippen LogP contribution in [0.25, 0.3) is 0 Å². The number of hydrogen-bond acceptors (Lipinski definition) is 4. The van der Waals surface area contributed by atoms with E-state index in [9.17, 15) is 5.11 Å². The van der Waals surface area contributed by atoms with E-state index in [0.717, 1.165) is 31.7 Å². The fourth-order valence-corrected chi connectivity index (χ4v) is 4.14. The molecule has 1 N–H and O–H groups in total. The van der Waals surface area contributed by atoms with Gasteiger partial charge in [-0.15, -0.1) is 0 Å². The zero-order chi connectivity index (χ0) is 16.1. The van der Waals surface area contributed by atoms with Gasteiger partial charge in [-0.05, 0) is 50.4 Å². The maximum absolute atomic E-state index is 10.3. The smallest absolute Gasteiger partial charge is 0.120 e. The number of nitriles is 1. The van der Waals surface area contributed by atoms with Crippen molar-refractivity contribution in [2.24, 2.45) is 5.92 Å². The van der Waals surface area contributed by atoms with Crippen LogP contribution in [0.15, 0.2) is 24.3 Å². The second-order valence-corrected chi connectivity index (χ2v) is 6.75. The molecule has 4 nitrogen and oxygen atoms in total. The minimum Gasteiger partial charge on any atom is -0.492 e. The first-order chi connectivity index (χ1) is 11.3. The van der Waals surface area contributed by atoms with Crippen molar-refractivity contribution in [3.63, 3.8) is 0 Å². The Hall–Kier alpha value is -1.57. The number of rotatable bonds is 5. The highest BCUT2D eigenvalue weighted by molar-refractivity contribution is 5.36. The molecule has 0 aromatic heterocycles. The molecular formula is C19H26N2O2. The molecule has 1 aromatic carbocycles. The van der Waals surface area contributed by atoms with Gasteiger partial charge in [0.1, 0.15) is 12.4 Å². The van der Waals surface area contributed by atoms with Crippen LogP contribution in [0.5, 0.6) is 5.75 Å². The minimum atomic E-state index is -0.123. The van der Waals surface area contributed by atoms with Gasteiger partial charge in [-0.2, -0.15) is 5.26 Å². The Morgan fingerprint density at radius 3 is 2.91 bits per heavy atom. The fraction of sp³-hybridized carbons (Fsp3) is 0.632. The topological polar surface area (TPSA) is 56.5 Å². The van der Waals surface area contributed by atoms with Crippen LogP contribution in [0.2, 0.25) is 0 Å². The molecule has 23 heavy (non-hydrogen) atoms. The maximum Gasteiger partial charge on any atom is 0.120 e. The Balaban J connectivity index is 1.51. The molecule has 3 rings (SSSR count). The van der Waals surface area contributed by atoms with Gasteiger partial charge in [0.25, 0.3) is 0 Å². The van der Waals surface area contributed by atoms with Crippen LogP contribution in [0, 0.1) is 17.2 Å². The molecule has 1 aliphatic carbocycles. The average Bonchev–Trinajstić information content (AvgIpc) is 3.04. The van der Waals surface area contributed by atoms with E-state index in [0.29, 0.717) is 24.1 Å². The van der Waals surface area contributed by atoms with E-state index < -0.39 is 0 Å². The van der Waals surface area contributed by atoms with Crippen LogP contribution in [0.3, 0.4) is 0 Å². The Bertz CT molecular complexity index is 555. The van der Waals surface area contributed by atoms with Crippen molar-refractivity contribution in [3.8, 4) is 11.8 Å². The highest BCUT2D eigenvalue weighted by Gasteiger charge is 2.36. The molecule has 1 heterocycles. The summed E-state index contributed by atoms with van der Waals surface area (Å²) in [6.07, 6.45) is 6.85. The maximum atomic E-state index is 10.3. The molecule has 3 unspecified atom stereocenters. The second-order valence-electron chi connectivity index (χ2n) is 6.75. The summed E-state index contributed by atoms with van der Waals surface area (Å²) in [4.78, 5) is 2.49. The summed E-state index contributed by atoms with van der Waals surface area (Å²) in [6, 6.07) is 9.97. The summed E-state index contributed by atoms with van der Waals surface area (Å²) in [5, 5.41) is 19.2. The Morgan fingerprint density at radius 2 is 2.09 bits per heavy atom.